The summed E-state index contributed by atoms with van der Waals surface area (Å²) in [6.45, 7) is 4.62. The van der Waals surface area contributed by atoms with E-state index in [4.69, 9.17) is 14.2 Å². The molecule has 0 unspecified atom stereocenters. The van der Waals surface area contributed by atoms with Crippen molar-refractivity contribution in [1.82, 2.24) is 9.80 Å². The van der Waals surface area contributed by atoms with Crippen LogP contribution in [0.1, 0.15) is 50.5 Å². The molecule has 7 heteroatoms. The number of hydrogen-bond donors (Lipinski definition) is 1. The van der Waals surface area contributed by atoms with Gasteiger partial charge < -0.3 is 24.2 Å². The van der Waals surface area contributed by atoms with Crippen molar-refractivity contribution in [3.05, 3.63) is 54.1 Å². The average molecular weight is 497 g/mol. The van der Waals surface area contributed by atoms with Crippen molar-refractivity contribution in [2.24, 2.45) is 0 Å². The van der Waals surface area contributed by atoms with Crippen molar-refractivity contribution < 1.29 is 24.1 Å². The highest BCUT2D eigenvalue weighted by Gasteiger charge is 2.34. The molecule has 1 atom stereocenters. The van der Waals surface area contributed by atoms with Gasteiger partial charge in [-0.05, 0) is 68.5 Å². The molecule has 2 aliphatic rings. The quantitative estimate of drug-likeness (QED) is 0.469. The normalized spacial score (nSPS) is 21.2. The van der Waals surface area contributed by atoms with Crippen molar-refractivity contribution in [2.75, 3.05) is 46.5 Å². The summed E-state index contributed by atoms with van der Waals surface area (Å²) < 4.78 is 17.5. The minimum atomic E-state index is -0.870. The van der Waals surface area contributed by atoms with E-state index in [1.54, 1.807) is 7.11 Å². The molecule has 0 spiro atoms. The highest BCUT2D eigenvalue weighted by Crippen LogP contribution is 2.30. The van der Waals surface area contributed by atoms with Crippen LogP contribution in [0, 0.1) is 0 Å². The zero-order chi connectivity index (χ0) is 25.2. The molecule has 4 rings (SSSR count). The molecule has 2 aromatic carbocycles. The highest BCUT2D eigenvalue weighted by molar-refractivity contribution is 5.76. The second-order valence-electron chi connectivity index (χ2n) is 10.0. The van der Waals surface area contributed by atoms with Gasteiger partial charge in [0.1, 0.15) is 18.0 Å². The highest BCUT2D eigenvalue weighted by atomic mass is 16.5. The first-order chi connectivity index (χ1) is 17.5. The number of carbonyl (C=O) groups excluding carboxylic acids is 1. The third kappa shape index (κ3) is 7.61. The molecule has 0 aromatic heterocycles. The molecule has 1 N–H and O–H groups in total. The van der Waals surface area contributed by atoms with E-state index in [0.717, 1.165) is 81.8 Å². The number of likely N-dealkylation sites (tertiary alicyclic amines) is 2. The summed E-state index contributed by atoms with van der Waals surface area (Å²) >= 11 is 0. The van der Waals surface area contributed by atoms with Gasteiger partial charge in [-0.2, -0.15) is 0 Å². The molecule has 0 radical (unpaired) electrons. The number of aliphatic hydroxyl groups is 1. The van der Waals surface area contributed by atoms with Gasteiger partial charge in [-0.25, -0.2) is 0 Å². The van der Waals surface area contributed by atoms with Crippen LogP contribution >= 0.6 is 0 Å². The van der Waals surface area contributed by atoms with E-state index in [1.807, 2.05) is 47.4 Å². The maximum atomic E-state index is 12.2. The fourth-order valence-electron chi connectivity index (χ4n) is 5.10. The Bertz CT molecular complexity index is 969. The molecule has 36 heavy (non-hydrogen) atoms. The van der Waals surface area contributed by atoms with Crippen LogP contribution in [0.3, 0.4) is 0 Å². The summed E-state index contributed by atoms with van der Waals surface area (Å²) in [7, 11) is 1.65. The molecular weight excluding hydrogens is 456 g/mol. The van der Waals surface area contributed by atoms with Gasteiger partial charge in [-0.3, -0.25) is 9.69 Å². The van der Waals surface area contributed by atoms with Crippen molar-refractivity contribution in [2.45, 2.75) is 57.1 Å². The van der Waals surface area contributed by atoms with Crippen LogP contribution in [-0.4, -0.2) is 72.9 Å². The van der Waals surface area contributed by atoms with Crippen LogP contribution in [0.2, 0.25) is 0 Å². The molecule has 7 nitrogen and oxygen atoms in total. The van der Waals surface area contributed by atoms with Crippen LogP contribution in [-0.2, 0) is 11.3 Å². The fourth-order valence-corrected chi connectivity index (χ4v) is 5.10. The summed E-state index contributed by atoms with van der Waals surface area (Å²) in [6, 6.07) is 15.7. The fraction of sp³-hybridized carbons (Fsp3) is 0.552. The molecule has 0 saturated carbocycles. The van der Waals surface area contributed by atoms with Gasteiger partial charge in [0.2, 0.25) is 5.91 Å². The predicted octanol–water partition coefficient (Wildman–Crippen LogP) is 4.27. The first-order valence-electron chi connectivity index (χ1n) is 13.2. The van der Waals surface area contributed by atoms with E-state index in [0.29, 0.717) is 25.3 Å². The summed E-state index contributed by atoms with van der Waals surface area (Å²) in [5.74, 6) is 2.47. The lowest BCUT2D eigenvalue weighted by molar-refractivity contribution is -0.130. The second-order valence-corrected chi connectivity index (χ2v) is 10.0. The number of rotatable bonds is 11. The Morgan fingerprint density at radius 3 is 2.67 bits per heavy atom. The molecule has 196 valence electrons. The molecule has 1 amide bonds. The van der Waals surface area contributed by atoms with Gasteiger partial charge in [0.05, 0.1) is 13.7 Å². The molecule has 2 aliphatic heterocycles. The largest absolute Gasteiger partial charge is 0.493 e. The molecule has 2 heterocycles. The Morgan fingerprint density at radius 1 is 0.972 bits per heavy atom. The first kappa shape index (κ1) is 26.3. The Hall–Kier alpha value is -2.77. The van der Waals surface area contributed by atoms with E-state index in [2.05, 4.69) is 11.0 Å². The summed E-state index contributed by atoms with van der Waals surface area (Å²) in [5.41, 5.74) is 0.242. The van der Waals surface area contributed by atoms with Crippen LogP contribution in [0.4, 0.5) is 0 Å². The van der Waals surface area contributed by atoms with E-state index in [1.165, 1.54) is 0 Å². The zero-order valence-electron chi connectivity index (χ0n) is 21.5. The number of carbonyl (C=O) groups is 1. The van der Waals surface area contributed by atoms with E-state index in [-0.39, 0.29) is 12.5 Å². The summed E-state index contributed by atoms with van der Waals surface area (Å²) in [5, 5.41) is 11.2. The van der Waals surface area contributed by atoms with Crippen molar-refractivity contribution >= 4 is 5.91 Å². The number of amides is 1. The third-order valence-electron chi connectivity index (χ3n) is 7.02. The lowest BCUT2D eigenvalue weighted by Crippen LogP contribution is -2.51. The van der Waals surface area contributed by atoms with E-state index >= 15 is 0 Å². The lowest BCUT2D eigenvalue weighted by Gasteiger charge is -2.39. The van der Waals surface area contributed by atoms with Crippen LogP contribution < -0.4 is 14.2 Å². The Morgan fingerprint density at radius 2 is 1.83 bits per heavy atom. The topological polar surface area (TPSA) is 71.5 Å². The Kier molecular flexibility index (Phi) is 9.47. The zero-order valence-corrected chi connectivity index (χ0v) is 21.5. The number of β-amino-alcohol motifs (C(OH)–C–C–N with tert-alkyl or cyclic N) is 1. The summed E-state index contributed by atoms with van der Waals surface area (Å²) in [4.78, 5) is 16.5. The van der Waals surface area contributed by atoms with Crippen molar-refractivity contribution in [1.29, 1.82) is 0 Å². The minimum Gasteiger partial charge on any atom is -0.493 e. The predicted molar refractivity (Wildman–Crippen MR) is 140 cm³/mol. The van der Waals surface area contributed by atoms with Crippen LogP contribution in [0.5, 0.6) is 17.2 Å². The smallest absolute Gasteiger partial charge is 0.222 e. The van der Waals surface area contributed by atoms with Crippen LogP contribution in [0.15, 0.2) is 48.5 Å². The second kappa shape index (κ2) is 13.0. The molecule has 2 fully saturated rings. The van der Waals surface area contributed by atoms with Gasteiger partial charge in [-0.1, -0.05) is 30.7 Å². The number of piperidine rings is 1. The van der Waals surface area contributed by atoms with Crippen LogP contribution in [0.25, 0.3) is 0 Å². The Balaban J connectivity index is 1.29. The molecule has 2 aromatic rings. The van der Waals surface area contributed by atoms with Gasteiger partial charge in [0.15, 0.2) is 11.5 Å². The molecule has 2 saturated heterocycles. The molecular formula is C29H40N2O5. The van der Waals surface area contributed by atoms with Crippen molar-refractivity contribution in [3.63, 3.8) is 0 Å². The number of benzene rings is 2. The first-order valence-corrected chi connectivity index (χ1v) is 13.2. The van der Waals surface area contributed by atoms with Gasteiger partial charge >= 0.3 is 0 Å². The molecule has 0 bridgehead atoms. The number of methoxy groups -OCH3 is 1. The van der Waals surface area contributed by atoms with Gasteiger partial charge in [0.25, 0.3) is 0 Å². The van der Waals surface area contributed by atoms with E-state index < -0.39 is 5.60 Å². The minimum absolute atomic E-state index is 0.266. The lowest BCUT2D eigenvalue weighted by atomic mass is 9.93. The number of para-hydroxylation sites is 1. The SMILES string of the molecule is COc1ccc(CN2CCC[C@@](O)(COc3ccccc3)C2)cc1OCCCN1CCCCCC1=O. The van der Waals surface area contributed by atoms with E-state index in [9.17, 15) is 9.90 Å². The van der Waals surface area contributed by atoms with Gasteiger partial charge in [-0.15, -0.1) is 0 Å². The number of hydrogen-bond acceptors (Lipinski definition) is 6. The average Bonchev–Trinajstić information content (AvgIpc) is 3.10. The summed E-state index contributed by atoms with van der Waals surface area (Å²) in [6.07, 6.45) is 6.34. The Labute approximate surface area is 214 Å². The van der Waals surface area contributed by atoms with Gasteiger partial charge in [0, 0.05) is 32.6 Å². The maximum absolute atomic E-state index is 12.2. The standard InChI is InChI=1S/C29H40N2O5/c1-34-26-14-13-24(20-27(26)35-19-9-18-31-17-7-3-6-12-28(31)32)21-30-16-8-15-29(33,22-30)23-36-25-10-4-2-5-11-25/h2,4-5,10-11,13-14,20,33H,3,6-9,12,15-19,21-23H2,1H3/t29-/m0/s1. The monoisotopic (exact) mass is 496 g/mol. The number of ether oxygens (including phenoxy) is 3. The number of nitrogens with zero attached hydrogens (tertiary/aromatic N) is 2. The maximum Gasteiger partial charge on any atom is 0.222 e. The molecule has 0 aliphatic carbocycles. The third-order valence-corrected chi connectivity index (χ3v) is 7.02. The van der Waals surface area contributed by atoms with Crippen molar-refractivity contribution in [3.8, 4) is 17.2 Å².